The van der Waals surface area contributed by atoms with Crippen LogP contribution in [-0.2, 0) is 5.33 Å². The summed E-state index contributed by atoms with van der Waals surface area (Å²) in [6.07, 6.45) is 0. The average molecular weight is 331 g/mol. The van der Waals surface area contributed by atoms with Crippen molar-refractivity contribution in [1.82, 2.24) is 0 Å². The van der Waals surface area contributed by atoms with Crippen LogP contribution in [0.5, 0.6) is 0 Å². The van der Waals surface area contributed by atoms with Gasteiger partial charge in [0, 0.05) is 8.90 Å². The minimum atomic E-state index is 0.831. The number of rotatable bonds is 1. The first-order chi connectivity index (χ1) is 4.74. The molecule has 0 nitrogen and oxygen atoms in total. The van der Waals surface area contributed by atoms with Crippen LogP contribution >= 0.6 is 50.1 Å². The van der Waals surface area contributed by atoms with E-state index in [1.807, 2.05) is 12.1 Å². The Labute approximate surface area is 87.2 Å². The van der Waals surface area contributed by atoms with E-state index in [1.54, 1.807) is 0 Å². The van der Waals surface area contributed by atoms with E-state index in [0.29, 0.717) is 0 Å². The summed E-state index contributed by atoms with van der Waals surface area (Å²) in [5.41, 5.74) is 1.21. The molecule has 0 atom stereocenters. The zero-order chi connectivity index (χ0) is 7.56. The lowest BCUT2D eigenvalue weighted by Crippen LogP contribution is -1.78. The van der Waals surface area contributed by atoms with Gasteiger partial charge in [0.25, 0.3) is 0 Å². The summed E-state index contributed by atoms with van der Waals surface area (Å²) in [7, 11) is 0. The van der Waals surface area contributed by atoms with Crippen LogP contribution in [0.1, 0.15) is 5.56 Å². The highest BCUT2D eigenvalue weighted by Gasteiger charge is 1.96. The normalized spacial score (nSPS) is 9.90. The van der Waals surface area contributed by atoms with Crippen molar-refractivity contribution in [1.29, 1.82) is 0 Å². The van der Waals surface area contributed by atoms with E-state index in [9.17, 15) is 0 Å². The SMILES string of the molecule is Clc1cc(CBr)ccc1I. The zero-order valence-corrected chi connectivity index (χ0v) is 9.57. The molecule has 0 bridgehead atoms. The lowest BCUT2D eigenvalue weighted by atomic mass is 10.2. The fraction of sp³-hybridized carbons (Fsp3) is 0.143. The monoisotopic (exact) mass is 330 g/mol. The van der Waals surface area contributed by atoms with Crippen LogP contribution < -0.4 is 0 Å². The molecule has 0 heterocycles. The zero-order valence-electron chi connectivity index (χ0n) is 5.07. The summed E-state index contributed by atoms with van der Waals surface area (Å²) in [5, 5.41) is 1.70. The molecule has 0 aromatic heterocycles. The van der Waals surface area contributed by atoms with Crippen molar-refractivity contribution in [2.45, 2.75) is 5.33 Å². The predicted molar refractivity (Wildman–Crippen MR) is 56.8 cm³/mol. The van der Waals surface area contributed by atoms with Crippen molar-refractivity contribution >= 4 is 50.1 Å². The van der Waals surface area contributed by atoms with Gasteiger partial charge in [0.15, 0.2) is 0 Å². The summed E-state index contributed by atoms with van der Waals surface area (Å²) in [6.45, 7) is 0. The van der Waals surface area contributed by atoms with Crippen LogP contribution in [0.2, 0.25) is 5.02 Å². The summed E-state index contributed by atoms with van der Waals surface area (Å²) in [4.78, 5) is 0. The van der Waals surface area contributed by atoms with Gasteiger partial charge < -0.3 is 0 Å². The first kappa shape index (κ1) is 8.81. The molecular formula is C7H5BrClI. The van der Waals surface area contributed by atoms with Gasteiger partial charge in [-0.2, -0.15) is 0 Å². The van der Waals surface area contributed by atoms with Crippen molar-refractivity contribution in [2.75, 3.05) is 0 Å². The van der Waals surface area contributed by atoms with Crippen LogP contribution in [0, 0.1) is 3.57 Å². The van der Waals surface area contributed by atoms with E-state index in [0.717, 1.165) is 13.9 Å². The minimum absolute atomic E-state index is 0.831. The third-order valence-electron chi connectivity index (χ3n) is 1.14. The Bertz CT molecular complexity index is 237. The molecule has 0 aliphatic heterocycles. The quantitative estimate of drug-likeness (QED) is 0.542. The van der Waals surface area contributed by atoms with Crippen LogP contribution in [0.4, 0.5) is 0 Å². The molecule has 0 N–H and O–H groups in total. The molecular weight excluding hydrogens is 326 g/mol. The number of hydrogen-bond donors (Lipinski definition) is 0. The highest BCUT2D eigenvalue weighted by atomic mass is 127. The lowest BCUT2D eigenvalue weighted by Gasteiger charge is -1.97. The molecule has 0 saturated heterocycles. The fourth-order valence-electron chi connectivity index (χ4n) is 0.623. The highest BCUT2D eigenvalue weighted by Crippen LogP contribution is 2.20. The van der Waals surface area contributed by atoms with Gasteiger partial charge in [0.1, 0.15) is 0 Å². The van der Waals surface area contributed by atoms with E-state index in [1.165, 1.54) is 5.56 Å². The maximum Gasteiger partial charge on any atom is 0.0542 e. The number of hydrogen-bond acceptors (Lipinski definition) is 0. The average Bonchev–Trinajstić information content (AvgIpc) is 1.95. The maximum absolute atomic E-state index is 5.86. The second kappa shape index (κ2) is 3.93. The summed E-state index contributed by atoms with van der Waals surface area (Å²) < 4.78 is 1.10. The van der Waals surface area contributed by atoms with Crippen molar-refractivity contribution in [2.24, 2.45) is 0 Å². The first-order valence-electron chi connectivity index (χ1n) is 2.74. The maximum atomic E-state index is 5.86. The first-order valence-corrected chi connectivity index (χ1v) is 5.31. The summed E-state index contributed by atoms with van der Waals surface area (Å²) >= 11 is 11.4. The van der Waals surface area contributed by atoms with Gasteiger partial charge in [-0.3, -0.25) is 0 Å². The Morgan fingerprint density at radius 2 is 2.20 bits per heavy atom. The van der Waals surface area contributed by atoms with Gasteiger partial charge in [-0.25, -0.2) is 0 Å². The summed E-state index contributed by atoms with van der Waals surface area (Å²) in [5.74, 6) is 0. The van der Waals surface area contributed by atoms with E-state index in [2.05, 4.69) is 44.6 Å². The number of alkyl halides is 1. The molecule has 1 aromatic rings. The summed E-state index contributed by atoms with van der Waals surface area (Å²) in [6, 6.07) is 6.04. The van der Waals surface area contributed by atoms with Gasteiger partial charge >= 0.3 is 0 Å². The molecule has 0 fully saturated rings. The van der Waals surface area contributed by atoms with Gasteiger partial charge in [-0.1, -0.05) is 33.6 Å². The van der Waals surface area contributed by atoms with E-state index < -0.39 is 0 Å². The molecule has 1 aromatic carbocycles. The Morgan fingerprint density at radius 3 is 2.70 bits per heavy atom. The van der Waals surface area contributed by atoms with Crippen molar-refractivity contribution in [3.05, 3.63) is 32.4 Å². The second-order valence-corrected chi connectivity index (χ2v) is 4.01. The van der Waals surface area contributed by atoms with Crippen molar-refractivity contribution < 1.29 is 0 Å². The molecule has 0 saturated carbocycles. The van der Waals surface area contributed by atoms with Crippen molar-refractivity contribution in [3.8, 4) is 0 Å². The largest absolute Gasteiger partial charge is 0.0876 e. The third kappa shape index (κ3) is 2.10. The van der Waals surface area contributed by atoms with E-state index in [-0.39, 0.29) is 0 Å². The predicted octanol–water partition coefficient (Wildman–Crippen LogP) is 3.84. The Balaban J connectivity index is 3.04. The number of halogens is 3. The molecule has 0 aliphatic rings. The van der Waals surface area contributed by atoms with Gasteiger partial charge in [0.05, 0.1) is 5.02 Å². The van der Waals surface area contributed by atoms with Crippen LogP contribution in [0.15, 0.2) is 18.2 Å². The molecule has 54 valence electrons. The molecule has 10 heavy (non-hydrogen) atoms. The highest BCUT2D eigenvalue weighted by molar-refractivity contribution is 14.1. The topological polar surface area (TPSA) is 0 Å². The molecule has 0 aliphatic carbocycles. The molecule has 0 radical (unpaired) electrons. The van der Waals surface area contributed by atoms with Crippen molar-refractivity contribution in [3.63, 3.8) is 0 Å². The van der Waals surface area contributed by atoms with E-state index in [4.69, 9.17) is 11.6 Å². The Morgan fingerprint density at radius 1 is 1.50 bits per heavy atom. The van der Waals surface area contributed by atoms with Gasteiger partial charge in [0.2, 0.25) is 0 Å². The Kier molecular flexibility index (Phi) is 3.46. The third-order valence-corrected chi connectivity index (χ3v) is 3.36. The molecule has 1 rings (SSSR count). The standard InChI is InChI=1S/C7H5BrClI/c8-4-5-1-2-7(10)6(9)3-5/h1-3H,4H2. The van der Waals surface area contributed by atoms with Gasteiger partial charge in [-0.15, -0.1) is 0 Å². The van der Waals surface area contributed by atoms with E-state index >= 15 is 0 Å². The van der Waals surface area contributed by atoms with Crippen LogP contribution in [0.25, 0.3) is 0 Å². The number of benzene rings is 1. The Hall–Kier alpha value is 0.720. The lowest BCUT2D eigenvalue weighted by molar-refractivity contribution is 1.42. The molecule has 0 amide bonds. The minimum Gasteiger partial charge on any atom is -0.0876 e. The molecule has 0 unspecified atom stereocenters. The fourth-order valence-corrected chi connectivity index (χ4v) is 1.51. The second-order valence-electron chi connectivity index (χ2n) is 1.88. The molecule has 0 spiro atoms. The molecule has 3 heteroatoms. The van der Waals surface area contributed by atoms with Crippen LogP contribution in [0.3, 0.4) is 0 Å². The van der Waals surface area contributed by atoms with Crippen LogP contribution in [-0.4, -0.2) is 0 Å². The smallest absolute Gasteiger partial charge is 0.0542 e. The van der Waals surface area contributed by atoms with Gasteiger partial charge in [-0.05, 0) is 40.3 Å².